The lowest BCUT2D eigenvalue weighted by Crippen LogP contribution is -2.56. The molecular weight excluding hydrogens is 356 g/mol. The molecule has 2 aliphatic heterocycles. The number of aliphatic hydroxyl groups is 2. The molecule has 27 heavy (non-hydrogen) atoms. The van der Waals surface area contributed by atoms with Crippen molar-refractivity contribution in [3.05, 3.63) is 0 Å². The van der Waals surface area contributed by atoms with E-state index in [2.05, 4.69) is 5.32 Å². The lowest BCUT2D eigenvalue weighted by Gasteiger charge is -2.32. The summed E-state index contributed by atoms with van der Waals surface area (Å²) in [6, 6.07) is -3.51. The standard InChI is InChI=1S/C17H28N4O6/c1-10(24)12(9-23)19-15(25)13-4-2-6-20(13)17(27)14-5-3-7-21(14)16(26)11(18)8-22/h11-14,22-23H,2-9,18H2,1H3,(H,19,25)/t11-,12-,13-,14-/m0/s1. The van der Waals surface area contributed by atoms with Crippen molar-refractivity contribution in [2.24, 2.45) is 5.73 Å². The fraction of sp³-hybridized carbons (Fsp3) is 0.765. The molecule has 2 fully saturated rings. The Balaban J connectivity index is 2.09. The number of Topliss-reactive ketones (excluding diaryl/α,β-unsaturated/α-hetero) is 1. The van der Waals surface area contributed by atoms with Crippen molar-refractivity contribution in [1.82, 2.24) is 15.1 Å². The molecule has 2 saturated heterocycles. The molecule has 0 aromatic heterocycles. The second-order valence-corrected chi connectivity index (χ2v) is 7.02. The van der Waals surface area contributed by atoms with E-state index in [1.54, 1.807) is 0 Å². The van der Waals surface area contributed by atoms with Gasteiger partial charge in [-0.05, 0) is 32.6 Å². The minimum absolute atomic E-state index is 0.327. The number of ketones is 1. The Bertz CT molecular complexity index is 598. The fourth-order valence-corrected chi connectivity index (χ4v) is 3.62. The van der Waals surface area contributed by atoms with E-state index in [0.29, 0.717) is 38.8 Å². The zero-order chi connectivity index (χ0) is 20.1. The van der Waals surface area contributed by atoms with E-state index in [1.165, 1.54) is 16.7 Å². The summed E-state index contributed by atoms with van der Waals surface area (Å²) in [5.74, 6) is -1.66. The Hall–Kier alpha value is -2.04. The van der Waals surface area contributed by atoms with Gasteiger partial charge in [0.05, 0.1) is 13.2 Å². The maximum atomic E-state index is 13.0. The highest BCUT2D eigenvalue weighted by molar-refractivity contribution is 5.95. The predicted molar refractivity (Wildman–Crippen MR) is 94.2 cm³/mol. The fourth-order valence-electron chi connectivity index (χ4n) is 3.62. The van der Waals surface area contributed by atoms with Crippen molar-refractivity contribution < 1.29 is 29.4 Å². The van der Waals surface area contributed by atoms with Crippen molar-refractivity contribution in [3.8, 4) is 0 Å². The molecule has 10 heteroatoms. The molecule has 4 atom stereocenters. The van der Waals surface area contributed by atoms with Crippen molar-refractivity contribution in [1.29, 1.82) is 0 Å². The SMILES string of the molecule is CC(=O)[C@H](CO)NC(=O)[C@@H]1CCCN1C(=O)[C@@H]1CCCN1C(=O)[C@@H](N)CO. The molecule has 2 rings (SSSR count). The maximum Gasteiger partial charge on any atom is 0.246 e. The second-order valence-electron chi connectivity index (χ2n) is 7.02. The molecular formula is C17H28N4O6. The maximum absolute atomic E-state index is 13.0. The van der Waals surface area contributed by atoms with Gasteiger partial charge in [0.25, 0.3) is 0 Å². The molecule has 0 unspecified atom stereocenters. The van der Waals surface area contributed by atoms with Gasteiger partial charge < -0.3 is 31.1 Å². The molecule has 5 N–H and O–H groups in total. The largest absolute Gasteiger partial charge is 0.394 e. The molecule has 0 aromatic carbocycles. The molecule has 0 aliphatic carbocycles. The normalized spacial score (nSPS) is 24.6. The average molecular weight is 384 g/mol. The molecule has 0 saturated carbocycles. The molecule has 0 bridgehead atoms. The molecule has 3 amide bonds. The van der Waals surface area contributed by atoms with Crippen LogP contribution in [0.3, 0.4) is 0 Å². The number of amides is 3. The first-order valence-corrected chi connectivity index (χ1v) is 9.20. The van der Waals surface area contributed by atoms with Crippen molar-refractivity contribution in [2.45, 2.75) is 56.8 Å². The summed E-state index contributed by atoms with van der Waals surface area (Å²) in [6.45, 7) is 1.02. The van der Waals surface area contributed by atoms with Gasteiger partial charge in [-0.1, -0.05) is 0 Å². The number of nitrogens with two attached hydrogens (primary N) is 1. The summed E-state index contributed by atoms with van der Waals surface area (Å²) in [6.07, 6.45) is 2.19. The van der Waals surface area contributed by atoms with Crippen LogP contribution in [0.15, 0.2) is 0 Å². The number of carbonyl (C=O) groups is 4. The molecule has 152 valence electrons. The highest BCUT2D eigenvalue weighted by Crippen LogP contribution is 2.25. The zero-order valence-electron chi connectivity index (χ0n) is 15.5. The van der Waals surface area contributed by atoms with E-state index in [-0.39, 0.29) is 11.7 Å². The van der Waals surface area contributed by atoms with Crippen LogP contribution in [-0.4, -0.2) is 94.0 Å². The number of nitrogens with one attached hydrogen (secondary N) is 1. The number of carbonyl (C=O) groups excluding carboxylic acids is 4. The van der Waals surface area contributed by atoms with E-state index in [4.69, 9.17) is 10.8 Å². The molecule has 10 nitrogen and oxygen atoms in total. The lowest BCUT2D eigenvalue weighted by molar-refractivity contribution is -0.147. The number of hydrogen-bond donors (Lipinski definition) is 4. The first-order chi connectivity index (χ1) is 12.8. The van der Waals surface area contributed by atoms with E-state index >= 15 is 0 Å². The van der Waals surface area contributed by atoms with Gasteiger partial charge in [0.2, 0.25) is 17.7 Å². The van der Waals surface area contributed by atoms with E-state index in [0.717, 1.165) is 0 Å². The summed E-state index contributed by atoms with van der Waals surface area (Å²) >= 11 is 0. The highest BCUT2D eigenvalue weighted by Gasteiger charge is 2.43. The van der Waals surface area contributed by atoms with E-state index in [1.807, 2.05) is 0 Å². The van der Waals surface area contributed by atoms with Gasteiger partial charge in [0.15, 0.2) is 5.78 Å². The van der Waals surface area contributed by atoms with Gasteiger partial charge in [0, 0.05) is 13.1 Å². The van der Waals surface area contributed by atoms with Crippen LogP contribution in [0, 0.1) is 0 Å². The van der Waals surface area contributed by atoms with Gasteiger partial charge in [-0.2, -0.15) is 0 Å². The summed E-state index contributed by atoms with van der Waals surface area (Å²) in [7, 11) is 0. The third kappa shape index (κ3) is 4.63. The molecule has 0 radical (unpaired) electrons. The summed E-state index contributed by atoms with van der Waals surface area (Å²) in [5.41, 5.74) is 5.60. The van der Waals surface area contributed by atoms with Gasteiger partial charge in [-0.25, -0.2) is 0 Å². The molecule has 2 aliphatic rings. The van der Waals surface area contributed by atoms with Crippen LogP contribution in [0.1, 0.15) is 32.6 Å². The van der Waals surface area contributed by atoms with Crippen molar-refractivity contribution in [3.63, 3.8) is 0 Å². The number of rotatable bonds is 7. The number of likely N-dealkylation sites (tertiary alicyclic amines) is 2. The highest BCUT2D eigenvalue weighted by atomic mass is 16.3. The van der Waals surface area contributed by atoms with Crippen LogP contribution >= 0.6 is 0 Å². The summed E-state index contributed by atoms with van der Waals surface area (Å²) < 4.78 is 0. The molecule has 0 aromatic rings. The molecule has 2 heterocycles. The zero-order valence-corrected chi connectivity index (χ0v) is 15.5. The Morgan fingerprint density at radius 1 is 1.04 bits per heavy atom. The smallest absolute Gasteiger partial charge is 0.246 e. The average Bonchev–Trinajstić information content (AvgIpc) is 3.33. The second kappa shape index (κ2) is 9.25. The Morgan fingerprint density at radius 2 is 1.63 bits per heavy atom. The van der Waals surface area contributed by atoms with E-state index < -0.39 is 49.2 Å². The lowest BCUT2D eigenvalue weighted by atomic mass is 10.1. The third-order valence-corrected chi connectivity index (χ3v) is 5.16. The number of aliphatic hydroxyl groups excluding tert-OH is 2. The van der Waals surface area contributed by atoms with Gasteiger partial charge in [-0.3, -0.25) is 19.2 Å². The minimum atomic E-state index is -1.07. The Labute approximate surface area is 157 Å². The Kier molecular flexibility index (Phi) is 7.28. The van der Waals surface area contributed by atoms with Crippen LogP contribution in [0.2, 0.25) is 0 Å². The van der Waals surface area contributed by atoms with Gasteiger partial charge in [-0.15, -0.1) is 0 Å². The number of hydrogen-bond acceptors (Lipinski definition) is 7. The molecule has 0 spiro atoms. The summed E-state index contributed by atoms with van der Waals surface area (Å²) in [4.78, 5) is 52.1. The van der Waals surface area contributed by atoms with E-state index in [9.17, 15) is 24.3 Å². The van der Waals surface area contributed by atoms with Crippen molar-refractivity contribution in [2.75, 3.05) is 26.3 Å². The predicted octanol–water partition coefficient (Wildman–Crippen LogP) is -2.65. The quantitative estimate of drug-likeness (QED) is 0.374. The van der Waals surface area contributed by atoms with Gasteiger partial charge in [0.1, 0.15) is 24.2 Å². The number of nitrogens with zero attached hydrogens (tertiary/aromatic N) is 2. The summed E-state index contributed by atoms with van der Waals surface area (Å²) in [5, 5.41) is 20.8. The van der Waals surface area contributed by atoms with Crippen LogP contribution < -0.4 is 11.1 Å². The minimum Gasteiger partial charge on any atom is -0.394 e. The van der Waals surface area contributed by atoms with Crippen LogP contribution in [0.4, 0.5) is 0 Å². The first kappa shape index (κ1) is 21.3. The van der Waals surface area contributed by atoms with Crippen LogP contribution in [0.25, 0.3) is 0 Å². The third-order valence-electron chi connectivity index (χ3n) is 5.16. The van der Waals surface area contributed by atoms with Crippen molar-refractivity contribution >= 4 is 23.5 Å². The monoisotopic (exact) mass is 384 g/mol. The van der Waals surface area contributed by atoms with Crippen LogP contribution in [-0.2, 0) is 19.2 Å². The van der Waals surface area contributed by atoms with Crippen LogP contribution in [0.5, 0.6) is 0 Å². The topological polar surface area (TPSA) is 153 Å². The Morgan fingerprint density at radius 3 is 2.19 bits per heavy atom. The first-order valence-electron chi connectivity index (χ1n) is 9.20. The van der Waals surface area contributed by atoms with Gasteiger partial charge >= 0.3 is 0 Å².